The third kappa shape index (κ3) is 4.97. The molecule has 0 amide bonds. The smallest absolute Gasteiger partial charge is 0.417 e. The maximum absolute atomic E-state index is 13.7. The molecular formula is C22H15BrF3IO3. The van der Waals surface area contributed by atoms with E-state index >= 15 is 0 Å². The van der Waals surface area contributed by atoms with E-state index < -0.39 is 17.7 Å². The Hall–Kier alpha value is -2.07. The number of halogens is 5. The molecule has 0 atom stereocenters. The van der Waals surface area contributed by atoms with Crippen molar-refractivity contribution in [1.82, 2.24) is 0 Å². The first-order valence-corrected chi connectivity index (χ1v) is 10.6. The lowest BCUT2D eigenvalue weighted by Gasteiger charge is -2.21. The fourth-order valence-electron chi connectivity index (χ4n) is 2.87. The van der Waals surface area contributed by atoms with E-state index in [-0.39, 0.29) is 37.3 Å². The molecule has 30 heavy (non-hydrogen) atoms. The van der Waals surface area contributed by atoms with Crippen molar-refractivity contribution in [3.8, 4) is 11.5 Å². The van der Waals surface area contributed by atoms with Crippen LogP contribution in [-0.2, 0) is 12.8 Å². The van der Waals surface area contributed by atoms with Gasteiger partial charge in [0, 0.05) is 4.47 Å². The molecule has 3 aromatic carbocycles. The van der Waals surface area contributed by atoms with Gasteiger partial charge in [-0.25, -0.2) is 4.79 Å². The molecule has 0 aliphatic rings. The van der Waals surface area contributed by atoms with Gasteiger partial charge in [0.2, 0.25) is 0 Å². The van der Waals surface area contributed by atoms with Crippen LogP contribution in [0.5, 0.6) is 11.5 Å². The molecule has 0 unspecified atom stereocenters. The predicted molar refractivity (Wildman–Crippen MR) is 119 cm³/mol. The maximum atomic E-state index is 13.7. The van der Waals surface area contributed by atoms with Crippen LogP contribution in [-0.4, -0.2) is 5.97 Å². The minimum Gasteiger partial charge on any atom is -0.487 e. The molecule has 8 heteroatoms. The number of esters is 1. The summed E-state index contributed by atoms with van der Waals surface area (Å²) >= 11 is 4.77. The summed E-state index contributed by atoms with van der Waals surface area (Å²) in [5.41, 5.74) is -0.642. The Labute approximate surface area is 193 Å². The van der Waals surface area contributed by atoms with E-state index in [4.69, 9.17) is 9.47 Å². The summed E-state index contributed by atoms with van der Waals surface area (Å²) in [5, 5.41) is 0. The molecule has 0 saturated carbocycles. The van der Waals surface area contributed by atoms with Gasteiger partial charge in [-0.3, -0.25) is 0 Å². The van der Waals surface area contributed by atoms with Crippen LogP contribution in [0.3, 0.4) is 0 Å². The second-order valence-corrected chi connectivity index (χ2v) is 8.18. The standard InChI is InChI=1S/C22H15BrF3IO3/c1-13-16(21(28)30-15-10-6-3-7-11-15)20(29-12-14-8-4-2-5-9-14)19(27)18(23)17(13)22(24,25)26/h2-11H,12H2,1H3. The summed E-state index contributed by atoms with van der Waals surface area (Å²) in [4.78, 5) is 12.9. The van der Waals surface area contributed by atoms with Gasteiger partial charge in [-0.15, -0.1) is 0 Å². The third-order valence-electron chi connectivity index (χ3n) is 4.26. The van der Waals surface area contributed by atoms with Crippen molar-refractivity contribution in [1.29, 1.82) is 0 Å². The molecule has 0 radical (unpaired) electrons. The van der Waals surface area contributed by atoms with Gasteiger partial charge in [0.05, 0.1) is 9.13 Å². The van der Waals surface area contributed by atoms with Crippen LogP contribution in [0.1, 0.15) is 27.0 Å². The number of hydrogen-bond donors (Lipinski definition) is 0. The number of para-hydroxylation sites is 1. The molecule has 0 fully saturated rings. The Kier molecular flexibility index (Phi) is 7.07. The first kappa shape index (κ1) is 22.6. The van der Waals surface area contributed by atoms with Crippen LogP contribution in [0.15, 0.2) is 65.1 Å². The molecule has 3 rings (SSSR count). The van der Waals surface area contributed by atoms with E-state index in [9.17, 15) is 18.0 Å². The maximum Gasteiger partial charge on any atom is 0.417 e. The van der Waals surface area contributed by atoms with Crippen molar-refractivity contribution in [2.24, 2.45) is 0 Å². The molecule has 0 aromatic heterocycles. The Bertz CT molecular complexity index is 1050. The quantitative estimate of drug-likeness (QED) is 0.179. The lowest BCUT2D eigenvalue weighted by Crippen LogP contribution is -2.19. The highest BCUT2D eigenvalue weighted by atomic mass is 127. The number of hydrogen-bond acceptors (Lipinski definition) is 3. The number of alkyl halides is 3. The first-order valence-electron chi connectivity index (χ1n) is 8.73. The van der Waals surface area contributed by atoms with E-state index in [1.807, 2.05) is 30.3 Å². The average molecular weight is 591 g/mol. The fraction of sp³-hybridized carbons (Fsp3) is 0.136. The topological polar surface area (TPSA) is 35.5 Å². The molecule has 0 saturated heterocycles. The number of rotatable bonds is 5. The van der Waals surface area contributed by atoms with Gasteiger partial charge in [-0.1, -0.05) is 48.5 Å². The lowest BCUT2D eigenvalue weighted by molar-refractivity contribution is -0.138. The van der Waals surface area contributed by atoms with Crippen LogP contribution in [0.2, 0.25) is 0 Å². The van der Waals surface area contributed by atoms with Gasteiger partial charge in [-0.2, -0.15) is 13.2 Å². The Balaban J connectivity index is 2.10. The zero-order chi connectivity index (χ0) is 21.9. The van der Waals surface area contributed by atoms with Crippen LogP contribution in [0.25, 0.3) is 0 Å². The molecule has 0 aliphatic heterocycles. The van der Waals surface area contributed by atoms with E-state index in [0.717, 1.165) is 5.56 Å². The van der Waals surface area contributed by atoms with Gasteiger partial charge < -0.3 is 9.47 Å². The van der Waals surface area contributed by atoms with Gasteiger partial charge in [0.1, 0.15) is 23.7 Å². The molecule has 3 nitrogen and oxygen atoms in total. The van der Waals surface area contributed by atoms with Gasteiger partial charge in [0.25, 0.3) is 0 Å². The molecule has 0 aliphatic carbocycles. The van der Waals surface area contributed by atoms with Crippen molar-refractivity contribution < 1.29 is 27.4 Å². The fourth-order valence-corrected chi connectivity index (χ4v) is 4.27. The lowest BCUT2D eigenvalue weighted by atomic mass is 10.0. The van der Waals surface area contributed by atoms with Gasteiger partial charge >= 0.3 is 12.1 Å². The predicted octanol–water partition coefficient (Wildman–Crippen LogP) is 7.18. The van der Waals surface area contributed by atoms with Crippen molar-refractivity contribution in [3.63, 3.8) is 0 Å². The monoisotopic (exact) mass is 590 g/mol. The second kappa shape index (κ2) is 9.38. The minimum absolute atomic E-state index is 0.0396. The summed E-state index contributed by atoms with van der Waals surface area (Å²) in [5.74, 6) is -0.655. The molecule has 0 bridgehead atoms. The van der Waals surface area contributed by atoms with Crippen LogP contribution >= 0.6 is 38.5 Å². The molecule has 0 N–H and O–H groups in total. The third-order valence-corrected chi connectivity index (χ3v) is 6.82. The van der Waals surface area contributed by atoms with Crippen molar-refractivity contribution in [2.45, 2.75) is 19.7 Å². The molecule has 156 valence electrons. The van der Waals surface area contributed by atoms with Gasteiger partial charge in [0.15, 0.2) is 0 Å². The van der Waals surface area contributed by atoms with E-state index in [1.54, 1.807) is 52.9 Å². The van der Waals surface area contributed by atoms with Crippen LogP contribution < -0.4 is 9.47 Å². The highest BCUT2D eigenvalue weighted by Gasteiger charge is 2.40. The zero-order valence-electron chi connectivity index (χ0n) is 15.6. The van der Waals surface area contributed by atoms with Crippen molar-refractivity contribution >= 4 is 44.5 Å². The minimum atomic E-state index is -4.66. The summed E-state index contributed by atoms with van der Waals surface area (Å²) in [6, 6.07) is 17.3. The molecule has 3 aromatic rings. The van der Waals surface area contributed by atoms with Crippen LogP contribution in [0.4, 0.5) is 13.2 Å². The average Bonchev–Trinajstić information content (AvgIpc) is 2.70. The first-order chi connectivity index (χ1) is 14.2. The van der Waals surface area contributed by atoms with E-state index in [2.05, 4.69) is 15.9 Å². The molecule has 0 spiro atoms. The number of benzene rings is 3. The van der Waals surface area contributed by atoms with Crippen molar-refractivity contribution in [3.05, 3.63) is 91.0 Å². The Morgan fingerprint density at radius 2 is 1.60 bits per heavy atom. The van der Waals surface area contributed by atoms with E-state index in [0.29, 0.717) is 0 Å². The Morgan fingerprint density at radius 3 is 2.17 bits per heavy atom. The summed E-state index contributed by atoms with van der Waals surface area (Å²) in [7, 11) is 0. The summed E-state index contributed by atoms with van der Waals surface area (Å²) < 4.78 is 52.3. The highest BCUT2D eigenvalue weighted by molar-refractivity contribution is 14.1. The van der Waals surface area contributed by atoms with E-state index in [1.165, 1.54) is 6.92 Å². The SMILES string of the molecule is Cc1c(C(=O)Oc2ccccc2)c(OCc2ccccc2)c(I)c(Br)c1C(F)(F)F. The summed E-state index contributed by atoms with van der Waals surface area (Å²) in [6.45, 7) is 1.32. The summed E-state index contributed by atoms with van der Waals surface area (Å²) in [6.07, 6.45) is -4.66. The largest absolute Gasteiger partial charge is 0.487 e. The number of carbonyl (C=O) groups excluding carboxylic acids is 1. The second-order valence-electron chi connectivity index (χ2n) is 6.31. The highest BCUT2D eigenvalue weighted by Crippen LogP contribution is 2.45. The zero-order valence-corrected chi connectivity index (χ0v) is 19.3. The molecular weight excluding hydrogens is 576 g/mol. The van der Waals surface area contributed by atoms with Crippen molar-refractivity contribution in [2.75, 3.05) is 0 Å². The number of ether oxygens (including phenoxy) is 2. The van der Waals surface area contributed by atoms with Gasteiger partial charge in [-0.05, 0) is 68.7 Å². The Morgan fingerprint density at radius 1 is 1.03 bits per heavy atom. The van der Waals surface area contributed by atoms with Crippen LogP contribution in [0, 0.1) is 10.5 Å². The number of carbonyl (C=O) groups is 1. The molecule has 0 heterocycles. The normalized spacial score (nSPS) is 11.3.